The predicted octanol–water partition coefficient (Wildman–Crippen LogP) is 3.61. The minimum absolute atomic E-state index is 0.580. The lowest BCUT2D eigenvalue weighted by atomic mass is 10.1. The summed E-state index contributed by atoms with van der Waals surface area (Å²) in [6, 6.07) is 4.89. The van der Waals surface area contributed by atoms with E-state index in [1.54, 1.807) is 6.33 Å². The summed E-state index contributed by atoms with van der Waals surface area (Å²) in [5.41, 5.74) is 5.14. The second-order valence-electron chi connectivity index (χ2n) is 7.78. The zero-order valence-electron chi connectivity index (χ0n) is 15.3. The molecule has 2 fully saturated rings. The summed E-state index contributed by atoms with van der Waals surface area (Å²) < 4.78 is 4.23. The lowest BCUT2D eigenvalue weighted by molar-refractivity contribution is 0.734. The van der Waals surface area contributed by atoms with E-state index >= 15 is 0 Å². The molecular formula is C20H21N7. The van der Waals surface area contributed by atoms with Gasteiger partial charge in [-0.15, -0.1) is 0 Å². The number of nitrogens with zero attached hydrogens (tertiary/aromatic N) is 6. The number of aryl methyl sites for hydroxylation is 1. The number of pyridine rings is 1. The van der Waals surface area contributed by atoms with Crippen molar-refractivity contribution in [3.63, 3.8) is 0 Å². The van der Waals surface area contributed by atoms with Crippen LogP contribution >= 0.6 is 0 Å². The van der Waals surface area contributed by atoms with Gasteiger partial charge in [0.1, 0.15) is 17.7 Å². The van der Waals surface area contributed by atoms with Crippen LogP contribution in [0.1, 0.15) is 37.5 Å². The molecule has 0 aliphatic heterocycles. The fraction of sp³-hybridized carbons (Fsp3) is 0.400. The van der Waals surface area contributed by atoms with Gasteiger partial charge in [0.2, 0.25) is 0 Å². The van der Waals surface area contributed by atoms with E-state index in [1.165, 1.54) is 25.7 Å². The molecular weight excluding hydrogens is 338 g/mol. The molecule has 0 unspecified atom stereocenters. The van der Waals surface area contributed by atoms with E-state index in [-0.39, 0.29) is 0 Å². The Morgan fingerprint density at radius 3 is 2.89 bits per heavy atom. The van der Waals surface area contributed by atoms with Crippen molar-refractivity contribution in [2.75, 3.05) is 11.9 Å². The third-order valence-corrected chi connectivity index (χ3v) is 5.66. The van der Waals surface area contributed by atoms with E-state index in [1.807, 2.05) is 16.9 Å². The first-order chi connectivity index (χ1) is 13.3. The van der Waals surface area contributed by atoms with Gasteiger partial charge in [0.05, 0.1) is 5.52 Å². The van der Waals surface area contributed by atoms with Crippen LogP contribution in [-0.2, 0) is 0 Å². The van der Waals surface area contributed by atoms with Gasteiger partial charge >= 0.3 is 0 Å². The van der Waals surface area contributed by atoms with Crippen molar-refractivity contribution in [1.29, 1.82) is 0 Å². The van der Waals surface area contributed by atoms with E-state index in [0.717, 1.165) is 51.9 Å². The highest BCUT2D eigenvalue weighted by atomic mass is 15.3. The number of fused-ring (bicyclic) bond motifs is 2. The third kappa shape index (κ3) is 2.49. The summed E-state index contributed by atoms with van der Waals surface area (Å²) in [6.45, 7) is 3.05. The van der Waals surface area contributed by atoms with Crippen LogP contribution in [0.25, 0.3) is 27.8 Å². The molecule has 0 aromatic carbocycles. The molecule has 7 heteroatoms. The van der Waals surface area contributed by atoms with Crippen LogP contribution in [0.15, 0.2) is 30.9 Å². The number of anilines is 1. The van der Waals surface area contributed by atoms with E-state index in [9.17, 15) is 0 Å². The van der Waals surface area contributed by atoms with Crippen molar-refractivity contribution in [3.8, 4) is 11.1 Å². The third-order valence-electron chi connectivity index (χ3n) is 5.66. The molecule has 6 rings (SSSR count). The van der Waals surface area contributed by atoms with Gasteiger partial charge in [-0.05, 0) is 50.7 Å². The fourth-order valence-corrected chi connectivity index (χ4v) is 3.91. The first-order valence-electron chi connectivity index (χ1n) is 9.69. The lowest BCUT2D eigenvalue weighted by Crippen LogP contribution is -2.07. The average Bonchev–Trinajstić information content (AvgIpc) is 3.60. The van der Waals surface area contributed by atoms with Crippen molar-refractivity contribution in [1.82, 2.24) is 29.1 Å². The molecule has 2 aliphatic rings. The second kappa shape index (κ2) is 5.52. The molecule has 4 aromatic rings. The summed E-state index contributed by atoms with van der Waals surface area (Å²) in [5.74, 6) is 2.73. The minimum Gasteiger partial charge on any atom is -0.368 e. The minimum atomic E-state index is 0.580. The molecule has 2 aliphatic carbocycles. The van der Waals surface area contributed by atoms with Gasteiger partial charge in [-0.25, -0.2) is 19.5 Å². The highest BCUT2D eigenvalue weighted by molar-refractivity contribution is 5.90. The zero-order chi connectivity index (χ0) is 18.0. The molecule has 7 nitrogen and oxygen atoms in total. The number of nitrogens with one attached hydrogen (secondary N) is 1. The van der Waals surface area contributed by atoms with Crippen LogP contribution in [0.3, 0.4) is 0 Å². The Hall–Kier alpha value is -2.96. The molecule has 27 heavy (non-hydrogen) atoms. The van der Waals surface area contributed by atoms with Crippen LogP contribution in [0, 0.1) is 12.8 Å². The van der Waals surface area contributed by atoms with Crippen molar-refractivity contribution in [2.24, 2.45) is 5.92 Å². The molecule has 2 saturated carbocycles. The van der Waals surface area contributed by atoms with Crippen LogP contribution in [0.4, 0.5) is 5.82 Å². The number of rotatable bonds is 5. The Balaban J connectivity index is 1.49. The number of imidazole rings is 1. The van der Waals surface area contributed by atoms with Crippen LogP contribution in [-0.4, -0.2) is 35.7 Å². The average molecular weight is 359 g/mol. The maximum atomic E-state index is 4.65. The van der Waals surface area contributed by atoms with Crippen LogP contribution in [0.5, 0.6) is 0 Å². The first kappa shape index (κ1) is 15.1. The molecule has 0 bridgehead atoms. The largest absolute Gasteiger partial charge is 0.368 e. The first-order valence-corrected chi connectivity index (χ1v) is 9.69. The van der Waals surface area contributed by atoms with E-state index in [2.05, 4.69) is 49.0 Å². The van der Waals surface area contributed by atoms with Crippen LogP contribution in [0.2, 0.25) is 0 Å². The van der Waals surface area contributed by atoms with E-state index in [4.69, 9.17) is 0 Å². The standard InChI is InChI=1S/C20H21N7/c1-12-25-19-17(27(12)15-4-5-15)8-14(10-22-19)16-6-7-26-18(16)20(23-11-24-26)21-9-13-2-3-13/h6-8,10-11,13,15H,2-5,9H2,1H3,(H,21,23,24). The highest BCUT2D eigenvalue weighted by Gasteiger charge is 2.27. The van der Waals surface area contributed by atoms with Gasteiger partial charge in [0, 0.05) is 36.1 Å². The molecule has 1 N–H and O–H groups in total. The predicted molar refractivity (Wildman–Crippen MR) is 104 cm³/mol. The summed E-state index contributed by atoms with van der Waals surface area (Å²) in [5, 5.41) is 7.90. The Labute approximate surface area is 156 Å². The lowest BCUT2D eigenvalue weighted by Gasteiger charge is -2.09. The Bertz CT molecular complexity index is 1160. The number of hydrogen-bond acceptors (Lipinski definition) is 5. The quantitative estimate of drug-likeness (QED) is 0.589. The highest BCUT2D eigenvalue weighted by Crippen LogP contribution is 2.39. The van der Waals surface area contributed by atoms with Gasteiger partial charge in [-0.3, -0.25) is 0 Å². The Morgan fingerprint density at radius 2 is 2.07 bits per heavy atom. The molecule has 0 amide bonds. The summed E-state index contributed by atoms with van der Waals surface area (Å²) in [4.78, 5) is 13.8. The zero-order valence-corrected chi connectivity index (χ0v) is 15.3. The monoisotopic (exact) mass is 359 g/mol. The second-order valence-corrected chi connectivity index (χ2v) is 7.78. The number of hydrogen-bond donors (Lipinski definition) is 1. The maximum Gasteiger partial charge on any atom is 0.177 e. The molecule has 0 atom stereocenters. The molecule has 4 aromatic heterocycles. The number of aromatic nitrogens is 6. The topological polar surface area (TPSA) is 72.9 Å². The van der Waals surface area contributed by atoms with Crippen molar-refractivity contribution < 1.29 is 0 Å². The molecule has 0 radical (unpaired) electrons. The summed E-state index contributed by atoms with van der Waals surface area (Å²) in [6.07, 6.45) is 10.6. The van der Waals surface area contributed by atoms with Crippen LogP contribution < -0.4 is 5.32 Å². The van der Waals surface area contributed by atoms with Crippen molar-refractivity contribution >= 4 is 22.5 Å². The Kier molecular flexibility index (Phi) is 3.09. The smallest absolute Gasteiger partial charge is 0.177 e. The molecule has 0 spiro atoms. The molecule has 136 valence electrons. The Morgan fingerprint density at radius 1 is 1.19 bits per heavy atom. The van der Waals surface area contributed by atoms with Crippen molar-refractivity contribution in [3.05, 3.63) is 36.7 Å². The van der Waals surface area contributed by atoms with E-state index < -0.39 is 0 Å². The van der Waals surface area contributed by atoms with Crippen molar-refractivity contribution in [2.45, 2.75) is 38.6 Å². The maximum absolute atomic E-state index is 4.65. The van der Waals surface area contributed by atoms with Gasteiger partial charge in [-0.2, -0.15) is 5.10 Å². The van der Waals surface area contributed by atoms with Gasteiger partial charge in [0.25, 0.3) is 0 Å². The molecule has 4 heterocycles. The summed E-state index contributed by atoms with van der Waals surface area (Å²) in [7, 11) is 0. The molecule has 0 saturated heterocycles. The fourth-order valence-electron chi connectivity index (χ4n) is 3.91. The summed E-state index contributed by atoms with van der Waals surface area (Å²) >= 11 is 0. The SMILES string of the molecule is Cc1nc2ncc(-c3ccn4ncnc(NCC5CC5)c34)cc2n1C1CC1. The van der Waals surface area contributed by atoms with Gasteiger partial charge < -0.3 is 9.88 Å². The van der Waals surface area contributed by atoms with Gasteiger partial charge in [-0.1, -0.05) is 0 Å². The van der Waals surface area contributed by atoms with E-state index in [0.29, 0.717) is 6.04 Å². The van der Waals surface area contributed by atoms with Gasteiger partial charge in [0.15, 0.2) is 11.5 Å². The normalized spacial score (nSPS) is 17.1.